The minimum Gasteiger partial charge on any atom is -0.496 e. The molecule has 5 nitrogen and oxygen atoms in total. The Labute approximate surface area is 136 Å². The van der Waals surface area contributed by atoms with Gasteiger partial charge in [0.25, 0.3) is 5.91 Å². The molecule has 3 fully saturated rings. The second kappa shape index (κ2) is 6.62. The molecule has 3 aliphatic rings. The van der Waals surface area contributed by atoms with E-state index in [0.717, 1.165) is 6.54 Å². The number of hydrogen-bond donors (Lipinski definition) is 2. The van der Waals surface area contributed by atoms with Gasteiger partial charge in [0.2, 0.25) is 0 Å². The van der Waals surface area contributed by atoms with E-state index in [4.69, 9.17) is 17.0 Å². The number of thiocarbonyl (C=S) groups is 1. The third-order valence-corrected chi connectivity index (χ3v) is 4.77. The highest BCUT2D eigenvalue weighted by Crippen LogP contribution is 2.27. The molecule has 1 aromatic carbocycles. The number of piperidine rings is 3. The van der Waals surface area contributed by atoms with Gasteiger partial charge < -0.3 is 15.0 Å². The van der Waals surface area contributed by atoms with Crippen LogP contribution in [0, 0.1) is 5.92 Å². The van der Waals surface area contributed by atoms with Crippen molar-refractivity contribution in [2.75, 3.05) is 26.7 Å². The van der Waals surface area contributed by atoms with Gasteiger partial charge >= 0.3 is 0 Å². The number of fused-ring (bicyclic) bond motifs is 3. The van der Waals surface area contributed by atoms with Crippen LogP contribution in [0.1, 0.15) is 23.2 Å². The van der Waals surface area contributed by atoms with E-state index in [-0.39, 0.29) is 5.91 Å². The smallest absolute Gasteiger partial charge is 0.261 e. The van der Waals surface area contributed by atoms with Crippen molar-refractivity contribution < 1.29 is 9.53 Å². The summed E-state index contributed by atoms with van der Waals surface area (Å²) < 4.78 is 5.21. The zero-order valence-electron chi connectivity index (χ0n) is 12.7. The van der Waals surface area contributed by atoms with Crippen LogP contribution in [-0.4, -0.2) is 48.7 Å². The summed E-state index contributed by atoms with van der Waals surface area (Å²) >= 11 is 5.30. The standard InChI is InChI=1S/C16H21N3O2S/c1-21-14-5-3-2-4-12(14)15(20)18-16(22)17-13-10-19-8-6-11(13)7-9-19/h2-5,11,13H,6-10H2,1H3,(H2,17,18,20,22). The number of carbonyl (C=O) groups excluding carboxylic acids is 1. The molecule has 3 heterocycles. The Balaban J connectivity index is 1.58. The second-order valence-corrected chi connectivity index (χ2v) is 6.28. The number of ether oxygens (including phenoxy) is 1. The summed E-state index contributed by atoms with van der Waals surface area (Å²) in [6, 6.07) is 7.47. The molecule has 22 heavy (non-hydrogen) atoms. The van der Waals surface area contributed by atoms with Crippen molar-refractivity contribution in [1.82, 2.24) is 15.5 Å². The number of benzene rings is 1. The number of carbonyl (C=O) groups is 1. The molecule has 118 valence electrons. The summed E-state index contributed by atoms with van der Waals surface area (Å²) in [6.45, 7) is 3.38. The summed E-state index contributed by atoms with van der Waals surface area (Å²) in [5.74, 6) is 0.966. The van der Waals surface area contributed by atoms with Gasteiger partial charge in [0, 0.05) is 12.6 Å². The fourth-order valence-corrected chi connectivity index (χ4v) is 3.58. The molecular weight excluding hydrogens is 298 g/mol. The fraction of sp³-hybridized carbons (Fsp3) is 0.500. The second-order valence-electron chi connectivity index (χ2n) is 5.87. The van der Waals surface area contributed by atoms with Crippen LogP contribution in [0.5, 0.6) is 5.75 Å². The van der Waals surface area contributed by atoms with Crippen LogP contribution in [0.2, 0.25) is 0 Å². The maximum atomic E-state index is 12.3. The average Bonchev–Trinajstić information content (AvgIpc) is 2.55. The highest BCUT2D eigenvalue weighted by Gasteiger charge is 2.34. The van der Waals surface area contributed by atoms with E-state index in [1.165, 1.54) is 25.9 Å². The number of para-hydroxylation sites is 1. The fourth-order valence-electron chi connectivity index (χ4n) is 3.34. The molecule has 0 saturated carbocycles. The summed E-state index contributed by atoms with van der Waals surface area (Å²) in [5.41, 5.74) is 0.489. The van der Waals surface area contributed by atoms with Gasteiger partial charge in [-0.15, -0.1) is 0 Å². The molecule has 0 radical (unpaired) electrons. The van der Waals surface area contributed by atoms with Gasteiger partial charge in [-0.25, -0.2) is 0 Å². The molecule has 6 heteroatoms. The van der Waals surface area contributed by atoms with Gasteiger partial charge in [0.1, 0.15) is 5.75 Å². The summed E-state index contributed by atoms with van der Waals surface area (Å²) in [4.78, 5) is 14.8. The molecule has 1 aromatic rings. The number of methoxy groups -OCH3 is 1. The van der Waals surface area contributed by atoms with Crippen molar-refractivity contribution in [3.63, 3.8) is 0 Å². The molecule has 1 amide bonds. The van der Waals surface area contributed by atoms with Crippen LogP contribution in [0.3, 0.4) is 0 Å². The van der Waals surface area contributed by atoms with E-state index in [1.807, 2.05) is 6.07 Å². The molecule has 3 saturated heterocycles. The Hall–Kier alpha value is -1.66. The van der Waals surface area contributed by atoms with Gasteiger partial charge in [0.05, 0.1) is 12.7 Å². The first kappa shape index (κ1) is 15.2. The Kier molecular flexibility index (Phi) is 4.59. The molecule has 1 atom stereocenters. The number of rotatable bonds is 3. The van der Waals surface area contributed by atoms with Gasteiger partial charge in [-0.05, 0) is 56.2 Å². The molecule has 2 bridgehead atoms. The van der Waals surface area contributed by atoms with E-state index in [1.54, 1.807) is 25.3 Å². The molecule has 0 spiro atoms. The summed E-state index contributed by atoms with van der Waals surface area (Å²) in [5, 5.41) is 6.46. The highest BCUT2D eigenvalue weighted by atomic mass is 32.1. The Morgan fingerprint density at radius 3 is 2.68 bits per heavy atom. The maximum Gasteiger partial charge on any atom is 0.261 e. The van der Waals surface area contributed by atoms with Gasteiger partial charge in [0.15, 0.2) is 5.11 Å². The van der Waals surface area contributed by atoms with Crippen molar-refractivity contribution in [3.8, 4) is 5.75 Å². The Bertz CT molecular complexity index is 570. The molecule has 0 aliphatic carbocycles. The van der Waals surface area contributed by atoms with Crippen LogP contribution in [-0.2, 0) is 0 Å². The molecule has 1 unspecified atom stereocenters. The van der Waals surface area contributed by atoms with Gasteiger partial charge in [-0.2, -0.15) is 0 Å². The lowest BCUT2D eigenvalue weighted by molar-refractivity contribution is 0.0807. The molecular formula is C16H21N3O2S. The minimum absolute atomic E-state index is 0.240. The quantitative estimate of drug-likeness (QED) is 0.825. The molecule has 0 aromatic heterocycles. The number of hydrogen-bond acceptors (Lipinski definition) is 4. The Morgan fingerprint density at radius 1 is 1.32 bits per heavy atom. The minimum atomic E-state index is -0.240. The van der Waals surface area contributed by atoms with Crippen molar-refractivity contribution in [1.29, 1.82) is 0 Å². The first-order valence-corrected chi connectivity index (χ1v) is 8.05. The molecule has 2 N–H and O–H groups in total. The zero-order valence-corrected chi connectivity index (χ0v) is 13.5. The molecule has 3 aliphatic heterocycles. The largest absolute Gasteiger partial charge is 0.496 e. The Morgan fingerprint density at radius 2 is 2.05 bits per heavy atom. The van der Waals surface area contributed by atoms with Crippen LogP contribution in [0.4, 0.5) is 0 Å². The van der Waals surface area contributed by atoms with Crippen molar-refractivity contribution >= 4 is 23.2 Å². The van der Waals surface area contributed by atoms with E-state index in [2.05, 4.69) is 15.5 Å². The number of amides is 1. The first-order chi connectivity index (χ1) is 10.7. The van der Waals surface area contributed by atoms with Crippen molar-refractivity contribution in [2.45, 2.75) is 18.9 Å². The predicted molar refractivity (Wildman–Crippen MR) is 89.1 cm³/mol. The highest BCUT2D eigenvalue weighted by molar-refractivity contribution is 7.80. The van der Waals surface area contributed by atoms with Crippen LogP contribution in [0.25, 0.3) is 0 Å². The van der Waals surface area contributed by atoms with E-state index >= 15 is 0 Å². The predicted octanol–water partition coefficient (Wildman–Crippen LogP) is 1.39. The third kappa shape index (κ3) is 3.23. The lowest BCUT2D eigenvalue weighted by Crippen LogP contribution is -2.59. The SMILES string of the molecule is COc1ccccc1C(=O)NC(=S)NC1CN2CCC1CC2. The van der Waals surface area contributed by atoms with Gasteiger partial charge in [-0.3, -0.25) is 10.1 Å². The average molecular weight is 319 g/mol. The maximum absolute atomic E-state index is 12.3. The topological polar surface area (TPSA) is 53.6 Å². The third-order valence-electron chi connectivity index (χ3n) is 4.55. The summed E-state index contributed by atoms with van der Waals surface area (Å²) in [6.07, 6.45) is 2.42. The van der Waals surface area contributed by atoms with Crippen LogP contribution in [0.15, 0.2) is 24.3 Å². The van der Waals surface area contributed by atoms with Crippen LogP contribution >= 0.6 is 12.2 Å². The zero-order chi connectivity index (χ0) is 15.5. The summed E-state index contributed by atoms with van der Waals surface area (Å²) in [7, 11) is 1.55. The van der Waals surface area contributed by atoms with E-state index in [9.17, 15) is 4.79 Å². The monoisotopic (exact) mass is 319 g/mol. The lowest BCUT2D eigenvalue weighted by Gasteiger charge is -2.45. The van der Waals surface area contributed by atoms with E-state index in [0.29, 0.717) is 28.4 Å². The number of nitrogens with zero attached hydrogens (tertiary/aromatic N) is 1. The van der Waals surface area contributed by atoms with Gasteiger partial charge in [-0.1, -0.05) is 12.1 Å². The van der Waals surface area contributed by atoms with Crippen LogP contribution < -0.4 is 15.4 Å². The van der Waals surface area contributed by atoms with E-state index < -0.39 is 0 Å². The number of nitrogens with one attached hydrogen (secondary N) is 2. The van der Waals surface area contributed by atoms with Crippen molar-refractivity contribution in [2.24, 2.45) is 5.92 Å². The normalized spacial score (nSPS) is 26.3. The molecule has 4 rings (SSSR count). The first-order valence-electron chi connectivity index (χ1n) is 7.64. The van der Waals surface area contributed by atoms with Crippen molar-refractivity contribution in [3.05, 3.63) is 29.8 Å². The lowest BCUT2D eigenvalue weighted by atomic mass is 9.84.